The molecule has 3 heterocycles. The summed E-state index contributed by atoms with van der Waals surface area (Å²) in [6, 6.07) is 13.5. The van der Waals surface area contributed by atoms with Gasteiger partial charge in [-0.2, -0.15) is 5.10 Å². The number of aromatic nitrogens is 3. The van der Waals surface area contributed by atoms with Gasteiger partial charge < -0.3 is 15.3 Å². The van der Waals surface area contributed by atoms with E-state index in [0.717, 1.165) is 24.2 Å². The van der Waals surface area contributed by atoms with Crippen molar-refractivity contribution < 1.29 is 14.3 Å². The number of halogens is 1. The number of phenols is 1. The third-order valence-electron chi connectivity index (χ3n) is 5.93. The molecule has 1 saturated heterocycles. The van der Waals surface area contributed by atoms with E-state index < -0.39 is 0 Å². The Balaban J connectivity index is 1.62. The average molecular weight is 458 g/mol. The molecule has 2 aromatic heterocycles. The quantitative estimate of drug-likeness (QED) is 0.431. The van der Waals surface area contributed by atoms with E-state index in [-0.39, 0.29) is 17.5 Å². The summed E-state index contributed by atoms with van der Waals surface area (Å²) in [5, 5.41) is 20.8. The minimum Gasteiger partial charge on any atom is -0.508 e. The summed E-state index contributed by atoms with van der Waals surface area (Å²) >= 11 is 0. The predicted octanol–water partition coefficient (Wildman–Crippen LogP) is 3.99. The lowest BCUT2D eigenvalue weighted by atomic mass is 10.0. The number of benzene rings is 2. The monoisotopic (exact) mass is 457 g/mol. The molecule has 3 N–H and O–H groups in total. The molecule has 0 bridgehead atoms. The van der Waals surface area contributed by atoms with Gasteiger partial charge in [-0.1, -0.05) is 12.1 Å². The molecule has 0 saturated carbocycles. The van der Waals surface area contributed by atoms with Gasteiger partial charge in [-0.3, -0.25) is 9.89 Å². The highest BCUT2D eigenvalue weighted by Crippen LogP contribution is 2.29. The number of fused-ring (bicyclic) bond motifs is 1. The van der Waals surface area contributed by atoms with Crippen LogP contribution >= 0.6 is 0 Å². The second-order valence-electron chi connectivity index (χ2n) is 8.33. The number of carbonyl (C=O) groups is 1. The second kappa shape index (κ2) is 9.07. The van der Waals surface area contributed by atoms with Gasteiger partial charge in [0.1, 0.15) is 11.6 Å². The number of carbonyl (C=O) groups excluding carboxylic acids is 1. The normalized spacial score (nSPS) is 14.2. The Hall–Kier alpha value is -4.04. The lowest BCUT2D eigenvalue weighted by molar-refractivity contribution is 0.0737. The van der Waals surface area contributed by atoms with Crippen LogP contribution < -0.4 is 5.32 Å². The smallest absolute Gasteiger partial charge is 0.254 e. The highest BCUT2D eigenvalue weighted by molar-refractivity contribution is 6.09. The molecular weight excluding hydrogens is 433 g/mol. The molecule has 0 atom stereocenters. The fourth-order valence-corrected chi connectivity index (χ4v) is 4.10. The van der Waals surface area contributed by atoms with Gasteiger partial charge in [-0.05, 0) is 61.0 Å². The fourth-order valence-electron chi connectivity index (χ4n) is 4.10. The summed E-state index contributed by atoms with van der Waals surface area (Å²) in [6.07, 6.45) is 3.35. The molecule has 1 aliphatic heterocycles. The van der Waals surface area contributed by atoms with E-state index in [1.54, 1.807) is 48.6 Å². The number of aryl methyl sites for hydroxylation is 1. The number of piperazine rings is 1. The SMILES string of the molecule is Cc1ccc(C=Cc2n[nH]c3nc(-c4ccc(O)cc4)cc(C(=O)N4CCNCC4)c23)c(F)c1. The average Bonchev–Trinajstić information content (AvgIpc) is 3.26. The van der Waals surface area contributed by atoms with Crippen LogP contribution in [0.5, 0.6) is 5.75 Å². The zero-order valence-electron chi connectivity index (χ0n) is 18.7. The Morgan fingerprint density at radius 2 is 1.85 bits per heavy atom. The molecule has 0 aliphatic carbocycles. The number of rotatable bonds is 4. The maximum Gasteiger partial charge on any atom is 0.254 e. The number of nitrogens with one attached hydrogen (secondary N) is 2. The maximum absolute atomic E-state index is 14.3. The van der Waals surface area contributed by atoms with Gasteiger partial charge in [-0.25, -0.2) is 9.37 Å². The van der Waals surface area contributed by atoms with Crippen LogP contribution in [0.4, 0.5) is 4.39 Å². The summed E-state index contributed by atoms with van der Waals surface area (Å²) in [5.74, 6) is -0.272. The van der Waals surface area contributed by atoms with E-state index in [9.17, 15) is 14.3 Å². The maximum atomic E-state index is 14.3. The van der Waals surface area contributed by atoms with Crippen molar-refractivity contribution in [1.82, 2.24) is 25.4 Å². The zero-order chi connectivity index (χ0) is 23.7. The first-order valence-electron chi connectivity index (χ1n) is 11.1. The van der Waals surface area contributed by atoms with Crippen molar-refractivity contribution in [2.24, 2.45) is 0 Å². The van der Waals surface area contributed by atoms with Gasteiger partial charge in [-0.15, -0.1) is 0 Å². The molecule has 0 spiro atoms. The molecule has 0 radical (unpaired) electrons. The lowest BCUT2D eigenvalue weighted by Gasteiger charge is -2.27. The van der Waals surface area contributed by atoms with E-state index in [2.05, 4.69) is 20.5 Å². The van der Waals surface area contributed by atoms with Gasteiger partial charge in [0.25, 0.3) is 5.91 Å². The van der Waals surface area contributed by atoms with Gasteiger partial charge in [0.05, 0.1) is 22.3 Å². The van der Waals surface area contributed by atoms with Gasteiger partial charge in [0, 0.05) is 37.3 Å². The molecule has 2 aromatic carbocycles. The van der Waals surface area contributed by atoms with Gasteiger partial charge >= 0.3 is 0 Å². The molecule has 7 nitrogen and oxygen atoms in total. The molecule has 1 amide bonds. The summed E-state index contributed by atoms with van der Waals surface area (Å²) in [4.78, 5) is 20.1. The summed E-state index contributed by atoms with van der Waals surface area (Å²) < 4.78 is 14.3. The van der Waals surface area contributed by atoms with Crippen LogP contribution in [0.3, 0.4) is 0 Å². The van der Waals surface area contributed by atoms with E-state index in [1.807, 2.05) is 17.9 Å². The van der Waals surface area contributed by atoms with E-state index in [4.69, 9.17) is 0 Å². The minimum atomic E-state index is -0.319. The van der Waals surface area contributed by atoms with Crippen molar-refractivity contribution in [3.05, 3.63) is 76.7 Å². The third kappa shape index (κ3) is 4.27. The first kappa shape index (κ1) is 21.8. The second-order valence-corrected chi connectivity index (χ2v) is 8.33. The Labute approximate surface area is 195 Å². The molecule has 172 valence electrons. The Morgan fingerprint density at radius 1 is 1.09 bits per heavy atom. The van der Waals surface area contributed by atoms with E-state index in [1.165, 1.54) is 6.07 Å². The summed E-state index contributed by atoms with van der Waals surface area (Å²) in [5.41, 5.74) is 4.09. The number of aromatic hydroxyl groups is 1. The first-order chi connectivity index (χ1) is 16.5. The molecule has 1 fully saturated rings. The number of hydrogen-bond donors (Lipinski definition) is 3. The lowest BCUT2D eigenvalue weighted by Crippen LogP contribution is -2.46. The number of amides is 1. The van der Waals surface area contributed by atoms with Crippen LogP contribution in [0.1, 0.15) is 27.2 Å². The van der Waals surface area contributed by atoms with Crippen molar-refractivity contribution in [3.8, 4) is 17.0 Å². The molecule has 1 aliphatic rings. The minimum absolute atomic E-state index is 0.105. The Morgan fingerprint density at radius 3 is 2.59 bits per heavy atom. The molecule has 34 heavy (non-hydrogen) atoms. The van der Waals surface area contributed by atoms with Crippen molar-refractivity contribution >= 4 is 29.1 Å². The molecule has 8 heteroatoms. The number of H-pyrrole nitrogens is 1. The van der Waals surface area contributed by atoms with Crippen LogP contribution in [0.15, 0.2) is 48.5 Å². The fraction of sp³-hybridized carbons (Fsp3) is 0.192. The first-order valence-corrected chi connectivity index (χ1v) is 11.1. The summed E-state index contributed by atoms with van der Waals surface area (Å²) in [7, 11) is 0. The molecule has 0 unspecified atom stereocenters. The number of hydrogen-bond acceptors (Lipinski definition) is 5. The standard InChI is InChI=1S/C26H24FN5O2/c1-16-2-3-17(21(27)14-16)6-9-22-24-20(26(34)32-12-10-28-11-13-32)15-23(29-25(24)31-30-22)18-4-7-19(33)8-5-18/h2-9,14-15,28,33H,10-13H2,1H3,(H,29,30,31). The van der Waals surface area contributed by atoms with E-state index >= 15 is 0 Å². The van der Waals surface area contributed by atoms with Gasteiger partial charge in [0.15, 0.2) is 5.65 Å². The molecule has 4 aromatic rings. The van der Waals surface area contributed by atoms with Crippen LogP contribution in [-0.2, 0) is 0 Å². The van der Waals surface area contributed by atoms with Crippen LogP contribution in [0.25, 0.3) is 34.4 Å². The van der Waals surface area contributed by atoms with Crippen LogP contribution in [0, 0.1) is 12.7 Å². The van der Waals surface area contributed by atoms with Crippen molar-refractivity contribution in [2.45, 2.75) is 6.92 Å². The number of pyridine rings is 1. The number of phenolic OH excluding ortho intramolecular Hbond substituents is 1. The highest BCUT2D eigenvalue weighted by atomic mass is 19.1. The Bertz CT molecular complexity index is 1390. The van der Waals surface area contributed by atoms with Crippen LogP contribution in [-0.4, -0.2) is 57.3 Å². The van der Waals surface area contributed by atoms with Crippen LogP contribution in [0.2, 0.25) is 0 Å². The predicted molar refractivity (Wildman–Crippen MR) is 130 cm³/mol. The van der Waals surface area contributed by atoms with Gasteiger partial charge in [0.2, 0.25) is 0 Å². The highest BCUT2D eigenvalue weighted by Gasteiger charge is 2.24. The zero-order valence-corrected chi connectivity index (χ0v) is 18.7. The topological polar surface area (TPSA) is 94.1 Å². The molecular formula is C26H24FN5O2. The van der Waals surface area contributed by atoms with Crippen molar-refractivity contribution in [1.29, 1.82) is 0 Å². The molecule has 5 rings (SSSR count). The number of aromatic amines is 1. The van der Waals surface area contributed by atoms with Crippen molar-refractivity contribution in [2.75, 3.05) is 26.2 Å². The number of nitrogens with zero attached hydrogens (tertiary/aromatic N) is 3. The third-order valence-corrected chi connectivity index (χ3v) is 5.93. The van der Waals surface area contributed by atoms with E-state index in [0.29, 0.717) is 46.6 Å². The largest absolute Gasteiger partial charge is 0.508 e. The van der Waals surface area contributed by atoms with Crippen molar-refractivity contribution in [3.63, 3.8) is 0 Å². The summed E-state index contributed by atoms with van der Waals surface area (Å²) in [6.45, 7) is 4.51. The Kier molecular flexibility index (Phi) is 5.81.